The Morgan fingerprint density at radius 3 is 2.11 bits per heavy atom. The third-order valence-corrected chi connectivity index (χ3v) is 4.66. The van der Waals surface area contributed by atoms with Gasteiger partial charge in [-0.25, -0.2) is 0 Å². The highest BCUT2D eigenvalue weighted by molar-refractivity contribution is 4.93. The van der Waals surface area contributed by atoms with E-state index in [-0.39, 0.29) is 0 Å². The molecule has 3 heterocycles. The second-order valence-corrected chi connectivity index (χ2v) is 6.27. The summed E-state index contributed by atoms with van der Waals surface area (Å²) in [6, 6.07) is 0. The van der Waals surface area contributed by atoms with Gasteiger partial charge < -0.3 is 18.9 Å². The lowest BCUT2D eigenvalue weighted by Crippen LogP contribution is -2.64. The van der Waals surface area contributed by atoms with Crippen molar-refractivity contribution in [3.05, 3.63) is 0 Å². The second kappa shape index (κ2) is 5.68. The van der Waals surface area contributed by atoms with Crippen LogP contribution in [0, 0.1) is 5.92 Å². The fourth-order valence-electron chi connectivity index (χ4n) is 3.64. The number of rotatable bonds is 7. The Bertz CT molecular complexity index is 269. The molecule has 4 rings (SSSR count). The Morgan fingerprint density at radius 2 is 1.58 bits per heavy atom. The molecule has 0 aromatic rings. The quantitative estimate of drug-likeness (QED) is 0.667. The number of methoxy groups -OCH3 is 1. The molecular weight excluding hydrogens is 244 g/mol. The van der Waals surface area contributed by atoms with Gasteiger partial charge in [-0.15, -0.1) is 0 Å². The Hall–Kier alpha value is -0.160. The molecule has 110 valence electrons. The standard InChI is InChI=1S/C15H26O4/c1-11(6-4-3-5-7-16-2)15-17-12-8-13(18-15)10-14(9-12)19-15/h11-14H,3-10H2,1-2H3. The van der Waals surface area contributed by atoms with E-state index in [1.807, 2.05) is 0 Å². The zero-order chi connectivity index (χ0) is 13.3. The molecule has 0 amide bonds. The van der Waals surface area contributed by atoms with Crippen molar-refractivity contribution < 1.29 is 18.9 Å². The molecule has 0 N–H and O–H groups in total. The molecule has 3 aliphatic heterocycles. The minimum Gasteiger partial charge on any atom is -0.385 e. The monoisotopic (exact) mass is 270 g/mol. The molecule has 0 aromatic carbocycles. The summed E-state index contributed by atoms with van der Waals surface area (Å²) < 4.78 is 23.3. The molecule has 19 heavy (non-hydrogen) atoms. The van der Waals surface area contributed by atoms with Crippen LogP contribution < -0.4 is 0 Å². The van der Waals surface area contributed by atoms with Crippen molar-refractivity contribution in [2.24, 2.45) is 5.92 Å². The van der Waals surface area contributed by atoms with Gasteiger partial charge in [0.05, 0.1) is 18.3 Å². The van der Waals surface area contributed by atoms with Gasteiger partial charge in [0.1, 0.15) is 0 Å². The third kappa shape index (κ3) is 2.82. The first-order valence-corrected chi connectivity index (χ1v) is 7.74. The Labute approximate surface area is 115 Å². The van der Waals surface area contributed by atoms with Crippen molar-refractivity contribution in [2.45, 2.75) is 76.2 Å². The van der Waals surface area contributed by atoms with Gasteiger partial charge in [0.15, 0.2) is 0 Å². The molecule has 0 radical (unpaired) electrons. The van der Waals surface area contributed by atoms with Crippen molar-refractivity contribution in [2.75, 3.05) is 13.7 Å². The topological polar surface area (TPSA) is 36.9 Å². The van der Waals surface area contributed by atoms with Crippen LogP contribution in [-0.4, -0.2) is 38.0 Å². The van der Waals surface area contributed by atoms with Crippen LogP contribution in [0.5, 0.6) is 0 Å². The van der Waals surface area contributed by atoms with E-state index in [9.17, 15) is 0 Å². The summed E-state index contributed by atoms with van der Waals surface area (Å²) in [5.74, 6) is -0.417. The van der Waals surface area contributed by atoms with Crippen LogP contribution in [-0.2, 0) is 18.9 Å². The summed E-state index contributed by atoms with van der Waals surface area (Å²) >= 11 is 0. The van der Waals surface area contributed by atoms with Gasteiger partial charge in [-0.05, 0) is 12.8 Å². The predicted octanol–water partition coefficient (Wildman–Crippen LogP) is 2.85. The summed E-state index contributed by atoms with van der Waals surface area (Å²) in [6.45, 7) is 3.05. The van der Waals surface area contributed by atoms with E-state index in [0.717, 1.165) is 38.7 Å². The predicted molar refractivity (Wildman–Crippen MR) is 70.7 cm³/mol. The van der Waals surface area contributed by atoms with E-state index in [2.05, 4.69) is 6.92 Å². The van der Waals surface area contributed by atoms with Gasteiger partial charge in [-0.1, -0.05) is 19.8 Å². The summed E-state index contributed by atoms with van der Waals surface area (Å²) in [7, 11) is 1.76. The number of hydrogen-bond acceptors (Lipinski definition) is 4. The van der Waals surface area contributed by atoms with Crippen molar-refractivity contribution >= 4 is 0 Å². The molecule has 1 aliphatic carbocycles. The minimum atomic E-state index is -0.726. The molecule has 4 fully saturated rings. The van der Waals surface area contributed by atoms with Gasteiger partial charge in [-0.3, -0.25) is 0 Å². The maximum atomic E-state index is 6.08. The van der Waals surface area contributed by atoms with Crippen molar-refractivity contribution in [1.29, 1.82) is 0 Å². The van der Waals surface area contributed by atoms with E-state index in [4.69, 9.17) is 18.9 Å². The summed E-state index contributed by atoms with van der Waals surface area (Å²) in [5, 5.41) is 0. The van der Waals surface area contributed by atoms with Crippen LogP contribution in [0.25, 0.3) is 0 Å². The van der Waals surface area contributed by atoms with Gasteiger partial charge in [-0.2, -0.15) is 0 Å². The zero-order valence-electron chi connectivity index (χ0n) is 12.1. The maximum Gasteiger partial charge on any atom is 0.286 e. The molecular formula is C15H26O4. The van der Waals surface area contributed by atoms with Crippen LogP contribution in [0.4, 0.5) is 0 Å². The van der Waals surface area contributed by atoms with Gasteiger partial charge >= 0.3 is 0 Å². The molecule has 4 bridgehead atoms. The van der Waals surface area contributed by atoms with Crippen molar-refractivity contribution in [3.8, 4) is 0 Å². The highest BCUT2D eigenvalue weighted by Gasteiger charge is 2.57. The summed E-state index contributed by atoms with van der Waals surface area (Å²) in [5.41, 5.74) is 0. The van der Waals surface area contributed by atoms with Crippen molar-refractivity contribution in [3.63, 3.8) is 0 Å². The van der Waals surface area contributed by atoms with Crippen LogP contribution in [0.15, 0.2) is 0 Å². The van der Waals surface area contributed by atoms with E-state index in [0.29, 0.717) is 24.2 Å². The van der Waals surface area contributed by atoms with Gasteiger partial charge in [0.2, 0.25) is 0 Å². The second-order valence-electron chi connectivity index (χ2n) is 6.27. The first kappa shape index (κ1) is 13.8. The zero-order valence-corrected chi connectivity index (χ0v) is 12.1. The van der Waals surface area contributed by atoms with E-state index < -0.39 is 5.97 Å². The molecule has 4 heteroatoms. The highest BCUT2D eigenvalue weighted by atomic mass is 16.9. The van der Waals surface area contributed by atoms with E-state index >= 15 is 0 Å². The summed E-state index contributed by atoms with van der Waals surface area (Å²) in [4.78, 5) is 0. The maximum absolute atomic E-state index is 6.08. The third-order valence-electron chi connectivity index (χ3n) is 4.66. The average molecular weight is 270 g/mol. The Balaban J connectivity index is 1.50. The number of hydrogen-bond donors (Lipinski definition) is 0. The van der Waals surface area contributed by atoms with Crippen LogP contribution >= 0.6 is 0 Å². The molecule has 1 atom stereocenters. The molecule has 3 saturated heterocycles. The lowest BCUT2D eigenvalue weighted by Gasteiger charge is -2.57. The SMILES string of the molecule is COCCCCCC(C)C12OC3CC(CC(C3)O1)O2. The molecule has 0 aromatic heterocycles. The average Bonchev–Trinajstić information content (AvgIpc) is 2.36. The lowest BCUT2D eigenvalue weighted by molar-refractivity contribution is -0.509. The molecule has 0 spiro atoms. The van der Waals surface area contributed by atoms with Gasteiger partial charge in [0, 0.05) is 38.9 Å². The molecule has 1 unspecified atom stereocenters. The molecule has 1 saturated carbocycles. The number of unbranched alkanes of at least 4 members (excludes halogenated alkanes) is 2. The number of ether oxygens (including phenoxy) is 4. The van der Waals surface area contributed by atoms with Crippen molar-refractivity contribution in [1.82, 2.24) is 0 Å². The normalized spacial score (nSPS) is 41.7. The minimum absolute atomic E-state index is 0.309. The van der Waals surface area contributed by atoms with Crippen LogP contribution in [0.1, 0.15) is 51.9 Å². The highest BCUT2D eigenvalue weighted by Crippen LogP contribution is 2.48. The fourth-order valence-corrected chi connectivity index (χ4v) is 3.64. The molecule has 4 nitrogen and oxygen atoms in total. The van der Waals surface area contributed by atoms with E-state index in [1.165, 1.54) is 12.8 Å². The first-order valence-electron chi connectivity index (χ1n) is 7.74. The fraction of sp³-hybridized carbons (Fsp3) is 1.00. The van der Waals surface area contributed by atoms with E-state index in [1.54, 1.807) is 7.11 Å². The summed E-state index contributed by atoms with van der Waals surface area (Å²) in [6.07, 6.45) is 8.87. The van der Waals surface area contributed by atoms with Crippen LogP contribution in [0.3, 0.4) is 0 Å². The molecule has 4 aliphatic rings. The Kier molecular flexibility index (Phi) is 4.13. The largest absolute Gasteiger partial charge is 0.385 e. The van der Waals surface area contributed by atoms with Crippen LogP contribution in [0.2, 0.25) is 0 Å². The first-order chi connectivity index (χ1) is 9.22. The lowest BCUT2D eigenvalue weighted by atomic mass is 9.87. The Morgan fingerprint density at radius 1 is 1.00 bits per heavy atom. The smallest absolute Gasteiger partial charge is 0.286 e. The van der Waals surface area contributed by atoms with Gasteiger partial charge in [0.25, 0.3) is 5.97 Å².